The molecule has 0 aromatic heterocycles. The predicted molar refractivity (Wildman–Crippen MR) is 108 cm³/mol. The van der Waals surface area contributed by atoms with Crippen molar-refractivity contribution in [1.29, 1.82) is 0 Å². The highest BCUT2D eigenvalue weighted by Crippen LogP contribution is 2.82. The zero-order valence-electron chi connectivity index (χ0n) is 18.0. The number of aliphatic hydroxyl groups excluding tert-OH is 1. The molecule has 28 heavy (non-hydrogen) atoms. The fraction of sp³-hybridized carbons (Fsp3) is 1.00. The van der Waals surface area contributed by atoms with E-state index in [4.69, 9.17) is 0 Å². The van der Waals surface area contributed by atoms with Crippen LogP contribution in [0.4, 0.5) is 0 Å². The third-order valence-corrected chi connectivity index (χ3v) is 11.7. The smallest absolute Gasteiger partial charge is 0.0759 e. The Bertz CT molecular complexity index is 693. The van der Waals surface area contributed by atoms with E-state index in [-0.39, 0.29) is 16.9 Å². The summed E-state index contributed by atoms with van der Waals surface area (Å²) in [5.74, 6) is 4.29. The third kappa shape index (κ3) is 1.90. The Labute approximate surface area is 170 Å². The van der Waals surface area contributed by atoms with Crippen LogP contribution in [-0.4, -0.2) is 32.6 Å². The number of rotatable bonds is 3. The van der Waals surface area contributed by atoms with Gasteiger partial charge in [-0.15, -0.1) is 0 Å². The van der Waals surface area contributed by atoms with Gasteiger partial charge in [0.1, 0.15) is 0 Å². The predicted octanol–water partition coefficient (Wildman–Crippen LogP) is 4.14. The molecule has 3 nitrogen and oxygen atoms in total. The molecule has 0 aliphatic heterocycles. The van der Waals surface area contributed by atoms with Crippen LogP contribution in [-0.2, 0) is 0 Å². The van der Waals surface area contributed by atoms with Crippen molar-refractivity contribution in [3.8, 4) is 0 Å². The molecule has 3 unspecified atom stereocenters. The summed E-state index contributed by atoms with van der Waals surface area (Å²) in [4.78, 5) is 0. The van der Waals surface area contributed by atoms with Crippen molar-refractivity contribution in [2.24, 2.45) is 52.3 Å². The number of unbranched alkanes of at least 4 members (excludes halogenated alkanes) is 1. The van der Waals surface area contributed by atoms with Gasteiger partial charge in [-0.3, -0.25) is 0 Å². The van der Waals surface area contributed by atoms with Crippen molar-refractivity contribution in [1.82, 2.24) is 0 Å². The number of aliphatic hydroxyl groups is 3. The molecule has 6 aliphatic carbocycles. The molecule has 158 valence electrons. The fourth-order valence-electron chi connectivity index (χ4n) is 10.2. The maximum Gasteiger partial charge on any atom is 0.0759 e. The lowest BCUT2D eigenvalue weighted by molar-refractivity contribution is -0.237. The number of hydrogen-bond donors (Lipinski definition) is 3. The van der Waals surface area contributed by atoms with Crippen LogP contribution in [0.5, 0.6) is 0 Å². The monoisotopic (exact) mass is 388 g/mol. The number of hydrogen-bond acceptors (Lipinski definition) is 3. The zero-order chi connectivity index (χ0) is 19.7. The summed E-state index contributed by atoms with van der Waals surface area (Å²) in [6.45, 7) is 7.06. The van der Waals surface area contributed by atoms with Crippen LogP contribution in [0.3, 0.4) is 0 Å². The first kappa shape index (κ1) is 18.6. The van der Waals surface area contributed by atoms with Crippen LogP contribution in [0, 0.1) is 52.3 Å². The summed E-state index contributed by atoms with van der Waals surface area (Å²) >= 11 is 0. The molecule has 3 N–H and O–H groups in total. The van der Waals surface area contributed by atoms with Gasteiger partial charge < -0.3 is 15.3 Å². The molecule has 0 amide bonds. The normalized spacial score (nSPS) is 66.2. The van der Waals surface area contributed by atoms with E-state index < -0.39 is 11.2 Å². The highest BCUT2D eigenvalue weighted by molar-refractivity contribution is 5.29. The molecular formula is C25H40O3. The van der Waals surface area contributed by atoms with Crippen molar-refractivity contribution in [3.63, 3.8) is 0 Å². The van der Waals surface area contributed by atoms with Gasteiger partial charge >= 0.3 is 0 Å². The van der Waals surface area contributed by atoms with Crippen LogP contribution in [0.15, 0.2) is 0 Å². The molecule has 0 spiro atoms. The van der Waals surface area contributed by atoms with Crippen LogP contribution in [0.1, 0.15) is 85.0 Å². The molecule has 0 saturated heterocycles. The first-order chi connectivity index (χ1) is 13.2. The highest BCUT2D eigenvalue weighted by Gasteiger charge is 2.80. The zero-order valence-corrected chi connectivity index (χ0v) is 18.0. The SMILES string of the molecule is CCCC[C@]1(O)[C@H]2C[C@H]2C2C3C(CC[C@@]21C)[C@@]1(C)CC[C@H](O)C[C@@]1(O)[C@@H]1C[C@H]31. The minimum absolute atomic E-state index is 0.0373. The van der Waals surface area contributed by atoms with Crippen molar-refractivity contribution >= 4 is 0 Å². The Morgan fingerprint density at radius 2 is 1.61 bits per heavy atom. The lowest BCUT2D eigenvalue weighted by Gasteiger charge is -2.64. The second kappa shape index (κ2) is 5.37. The fourth-order valence-corrected chi connectivity index (χ4v) is 10.2. The van der Waals surface area contributed by atoms with E-state index in [1.165, 1.54) is 19.3 Å². The van der Waals surface area contributed by atoms with Gasteiger partial charge in [-0.05, 0) is 97.2 Å². The van der Waals surface area contributed by atoms with Crippen LogP contribution < -0.4 is 0 Å². The molecule has 0 aromatic rings. The van der Waals surface area contributed by atoms with E-state index >= 15 is 0 Å². The molecule has 6 aliphatic rings. The quantitative estimate of drug-likeness (QED) is 0.681. The molecule has 0 bridgehead atoms. The van der Waals surface area contributed by atoms with E-state index in [0.29, 0.717) is 41.9 Å². The van der Waals surface area contributed by atoms with Crippen molar-refractivity contribution in [3.05, 3.63) is 0 Å². The number of fused-ring (bicyclic) bond motifs is 10. The molecular weight excluding hydrogens is 348 g/mol. The largest absolute Gasteiger partial charge is 0.393 e. The Morgan fingerprint density at radius 1 is 0.893 bits per heavy atom. The Kier molecular flexibility index (Phi) is 3.58. The Morgan fingerprint density at radius 3 is 2.36 bits per heavy atom. The first-order valence-electron chi connectivity index (χ1n) is 12.3. The standard InChI is InChI=1S/C25H40O3/c1-4-5-8-24(27)19-12-16(19)21-20-15-11-18(15)25(28)13-14(26)6-9-22(25,2)17(20)7-10-23(21,24)3/h14-21,26-28H,4-13H2,1-3H3/t14-,15-,16+,17?,18+,19-,20?,21?,22+,23-,24-,25+/m0/s1. The average Bonchev–Trinajstić information content (AvgIpc) is 3.54. The van der Waals surface area contributed by atoms with E-state index in [0.717, 1.165) is 44.4 Å². The van der Waals surface area contributed by atoms with Crippen molar-refractivity contribution < 1.29 is 15.3 Å². The van der Waals surface area contributed by atoms with E-state index in [2.05, 4.69) is 20.8 Å². The molecule has 3 heteroatoms. The lowest BCUT2D eigenvalue weighted by Crippen LogP contribution is -2.65. The Balaban J connectivity index is 1.38. The first-order valence-corrected chi connectivity index (χ1v) is 12.3. The molecule has 6 saturated carbocycles. The minimum Gasteiger partial charge on any atom is -0.393 e. The topological polar surface area (TPSA) is 60.7 Å². The maximum absolute atomic E-state index is 12.0. The molecule has 12 atom stereocenters. The third-order valence-electron chi connectivity index (χ3n) is 11.7. The summed E-state index contributed by atoms with van der Waals surface area (Å²) in [6.07, 6.45) is 10.2. The van der Waals surface area contributed by atoms with Gasteiger partial charge in [-0.2, -0.15) is 0 Å². The highest BCUT2D eigenvalue weighted by atomic mass is 16.3. The summed E-state index contributed by atoms with van der Waals surface area (Å²) < 4.78 is 0. The van der Waals surface area contributed by atoms with Gasteiger partial charge in [0.25, 0.3) is 0 Å². The molecule has 6 fully saturated rings. The summed E-state index contributed by atoms with van der Waals surface area (Å²) in [6, 6.07) is 0. The van der Waals surface area contributed by atoms with Gasteiger partial charge in [0.2, 0.25) is 0 Å². The van der Waals surface area contributed by atoms with Gasteiger partial charge in [0.15, 0.2) is 0 Å². The van der Waals surface area contributed by atoms with Gasteiger partial charge in [-0.1, -0.05) is 33.6 Å². The van der Waals surface area contributed by atoms with E-state index in [1.54, 1.807) is 0 Å². The van der Waals surface area contributed by atoms with Gasteiger partial charge in [0.05, 0.1) is 17.3 Å². The van der Waals surface area contributed by atoms with Crippen LogP contribution in [0.2, 0.25) is 0 Å². The minimum atomic E-state index is -0.649. The average molecular weight is 389 g/mol. The summed E-state index contributed by atoms with van der Waals surface area (Å²) in [7, 11) is 0. The summed E-state index contributed by atoms with van der Waals surface area (Å²) in [5.41, 5.74) is -1.04. The second-order valence-corrected chi connectivity index (χ2v) is 12.4. The molecule has 0 heterocycles. The van der Waals surface area contributed by atoms with Gasteiger partial charge in [0, 0.05) is 6.42 Å². The Hall–Kier alpha value is -0.120. The second-order valence-electron chi connectivity index (χ2n) is 12.4. The van der Waals surface area contributed by atoms with Crippen LogP contribution in [0.25, 0.3) is 0 Å². The molecule has 0 aromatic carbocycles. The lowest BCUT2D eigenvalue weighted by atomic mass is 9.42. The van der Waals surface area contributed by atoms with Crippen molar-refractivity contribution in [2.75, 3.05) is 0 Å². The molecule has 6 rings (SSSR count). The van der Waals surface area contributed by atoms with Crippen LogP contribution >= 0.6 is 0 Å². The van der Waals surface area contributed by atoms with Gasteiger partial charge in [-0.25, -0.2) is 0 Å². The van der Waals surface area contributed by atoms with E-state index in [1.807, 2.05) is 0 Å². The molecule has 0 radical (unpaired) electrons. The summed E-state index contributed by atoms with van der Waals surface area (Å²) in [5, 5.41) is 34.2. The maximum atomic E-state index is 12.0. The van der Waals surface area contributed by atoms with Crippen molar-refractivity contribution in [2.45, 2.75) is 102 Å². The van der Waals surface area contributed by atoms with E-state index in [9.17, 15) is 15.3 Å².